The van der Waals surface area contributed by atoms with E-state index in [1.165, 1.54) is 12.1 Å². The summed E-state index contributed by atoms with van der Waals surface area (Å²) in [5.74, 6) is -0.785. The van der Waals surface area contributed by atoms with E-state index in [4.69, 9.17) is 9.57 Å². The number of carbonyl (C=O) groups excluding carboxylic acids is 1. The maximum atomic E-state index is 11.8. The first kappa shape index (κ1) is 14.8. The van der Waals surface area contributed by atoms with Crippen LogP contribution < -0.4 is 4.84 Å². The Morgan fingerprint density at radius 1 is 1.14 bits per heavy atom. The van der Waals surface area contributed by atoms with Gasteiger partial charge in [0.2, 0.25) is 11.8 Å². The van der Waals surface area contributed by atoms with Crippen LogP contribution in [-0.4, -0.2) is 21.1 Å². The Morgan fingerprint density at radius 2 is 1.76 bits per heavy atom. The Balaban J connectivity index is 2.05. The van der Waals surface area contributed by atoms with Crippen LogP contribution >= 0.6 is 0 Å². The van der Waals surface area contributed by atoms with Gasteiger partial charge in [-0.2, -0.15) is 0 Å². The van der Waals surface area contributed by atoms with Gasteiger partial charge < -0.3 is 14.9 Å². The second-order valence-electron chi connectivity index (χ2n) is 4.49. The van der Waals surface area contributed by atoms with Crippen molar-refractivity contribution < 1.29 is 24.6 Å². The van der Waals surface area contributed by atoms with Gasteiger partial charge >= 0.3 is 6.16 Å². The van der Waals surface area contributed by atoms with Crippen molar-refractivity contribution in [1.82, 2.24) is 4.73 Å². The Kier molecular flexibility index (Phi) is 4.71. The fourth-order valence-electron chi connectivity index (χ4n) is 1.93. The summed E-state index contributed by atoms with van der Waals surface area (Å²) in [6.07, 6.45) is 0.0259. The number of aromatic nitrogens is 1. The Labute approximate surface area is 122 Å². The number of benzene rings is 1. The van der Waals surface area contributed by atoms with Gasteiger partial charge in [-0.15, -0.1) is 4.73 Å². The smallest absolute Gasteiger partial charge is 0.492 e. The molecular formula is C15H17NO5. The number of nitrogens with zero attached hydrogens (tertiary/aromatic N) is 1. The number of hydrogen-bond donors (Lipinski definition) is 2. The normalized spacial score (nSPS) is 11.9. The van der Waals surface area contributed by atoms with Gasteiger partial charge in [0.1, 0.15) is 6.10 Å². The fourth-order valence-corrected chi connectivity index (χ4v) is 1.93. The molecule has 0 aliphatic carbocycles. The highest BCUT2D eigenvalue weighted by atomic mass is 16.8. The standard InChI is InChI=1S/C15H17NO5/c1-2-6-12(11-7-4-3-5-8-11)20-15(19)21-16-13(17)9-10-14(16)18/h3-5,7-10,12,17-18H,2,6H2,1H3/t12-/m0/s1. The maximum Gasteiger partial charge on any atom is 0.534 e. The summed E-state index contributed by atoms with van der Waals surface area (Å²) in [6.45, 7) is 1.98. The molecule has 0 saturated heterocycles. The van der Waals surface area contributed by atoms with Gasteiger partial charge in [0.25, 0.3) is 0 Å². The lowest BCUT2D eigenvalue weighted by Crippen LogP contribution is -2.22. The van der Waals surface area contributed by atoms with E-state index in [1.54, 1.807) is 0 Å². The molecule has 2 N–H and O–H groups in total. The molecule has 1 atom stereocenters. The first-order valence-electron chi connectivity index (χ1n) is 6.65. The lowest BCUT2D eigenvalue weighted by molar-refractivity contribution is 0.00599. The highest BCUT2D eigenvalue weighted by molar-refractivity contribution is 5.61. The molecule has 6 heteroatoms. The van der Waals surface area contributed by atoms with Crippen LogP contribution in [0.15, 0.2) is 42.5 Å². The molecule has 0 unspecified atom stereocenters. The van der Waals surface area contributed by atoms with Gasteiger partial charge in [-0.05, 0) is 12.0 Å². The van der Waals surface area contributed by atoms with Gasteiger partial charge in [-0.3, -0.25) is 4.84 Å². The number of ether oxygens (including phenoxy) is 1. The van der Waals surface area contributed by atoms with Crippen molar-refractivity contribution in [2.24, 2.45) is 0 Å². The largest absolute Gasteiger partial charge is 0.534 e. The minimum Gasteiger partial charge on any atom is -0.492 e. The van der Waals surface area contributed by atoms with Crippen molar-refractivity contribution in [2.45, 2.75) is 25.9 Å². The van der Waals surface area contributed by atoms with E-state index in [1.807, 2.05) is 37.3 Å². The van der Waals surface area contributed by atoms with Crippen molar-refractivity contribution in [2.75, 3.05) is 0 Å². The third kappa shape index (κ3) is 3.68. The second kappa shape index (κ2) is 6.69. The Morgan fingerprint density at radius 3 is 2.33 bits per heavy atom. The molecule has 0 spiro atoms. The van der Waals surface area contributed by atoms with Crippen molar-refractivity contribution in [3.05, 3.63) is 48.0 Å². The highest BCUT2D eigenvalue weighted by Gasteiger charge is 2.19. The zero-order chi connectivity index (χ0) is 15.2. The number of hydrogen-bond acceptors (Lipinski definition) is 5. The summed E-state index contributed by atoms with van der Waals surface area (Å²) in [4.78, 5) is 16.6. The third-order valence-corrected chi connectivity index (χ3v) is 2.92. The highest BCUT2D eigenvalue weighted by Crippen LogP contribution is 2.24. The summed E-state index contributed by atoms with van der Waals surface area (Å²) in [5.41, 5.74) is 0.859. The predicted octanol–water partition coefficient (Wildman–Crippen LogP) is 3.01. The predicted molar refractivity (Wildman–Crippen MR) is 74.9 cm³/mol. The minimum atomic E-state index is -1.00. The molecule has 0 amide bonds. The minimum absolute atomic E-state index is 0.392. The molecule has 0 fully saturated rings. The van der Waals surface area contributed by atoms with E-state index < -0.39 is 24.0 Å². The zero-order valence-electron chi connectivity index (χ0n) is 11.6. The van der Waals surface area contributed by atoms with E-state index in [2.05, 4.69) is 0 Å². The molecule has 0 bridgehead atoms. The molecule has 2 aromatic rings. The van der Waals surface area contributed by atoms with Gasteiger partial charge in [0, 0.05) is 12.1 Å². The molecule has 6 nitrogen and oxygen atoms in total. The molecule has 0 aliphatic rings. The Hall–Kier alpha value is -2.63. The van der Waals surface area contributed by atoms with Crippen molar-refractivity contribution in [3.8, 4) is 11.8 Å². The third-order valence-electron chi connectivity index (χ3n) is 2.92. The van der Waals surface area contributed by atoms with E-state index >= 15 is 0 Å². The van der Waals surface area contributed by atoms with E-state index in [-0.39, 0.29) is 0 Å². The lowest BCUT2D eigenvalue weighted by Gasteiger charge is -2.17. The van der Waals surface area contributed by atoms with Crippen LogP contribution in [0.25, 0.3) is 0 Å². The number of carbonyl (C=O) groups is 1. The van der Waals surface area contributed by atoms with Gasteiger partial charge in [-0.1, -0.05) is 43.7 Å². The molecule has 21 heavy (non-hydrogen) atoms. The van der Waals surface area contributed by atoms with Crippen molar-refractivity contribution >= 4 is 6.16 Å². The molecule has 2 rings (SSSR count). The van der Waals surface area contributed by atoms with Crippen LogP contribution in [0.2, 0.25) is 0 Å². The Bertz CT molecular complexity index is 574. The molecule has 112 valence electrons. The van der Waals surface area contributed by atoms with Gasteiger partial charge in [-0.25, -0.2) is 4.79 Å². The average Bonchev–Trinajstić information content (AvgIpc) is 2.79. The van der Waals surface area contributed by atoms with E-state index in [0.29, 0.717) is 11.2 Å². The van der Waals surface area contributed by atoms with Crippen LogP contribution in [0.3, 0.4) is 0 Å². The van der Waals surface area contributed by atoms with E-state index in [9.17, 15) is 15.0 Å². The second-order valence-corrected chi connectivity index (χ2v) is 4.49. The summed E-state index contributed by atoms with van der Waals surface area (Å²) in [5, 5.41) is 18.8. The molecule has 0 saturated carbocycles. The zero-order valence-corrected chi connectivity index (χ0v) is 11.6. The van der Waals surface area contributed by atoms with E-state index in [0.717, 1.165) is 12.0 Å². The molecule has 0 aliphatic heterocycles. The topological polar surface area (TPSA) is 80.9 Å². The van der Waals surface area contributed by atoms with Gasteiger partial charge in [0.05, 0.1) is 0 Å². The monoisotopic (exact) mass is 291 g/mol. The summed E-state index contributed by atoms with van der Waals surface area (Å²) < 4.78 is 5.85. The van der Waals surface area contributed by atoms with Crippen LogP contribution in [0.5, 0.6) is 11.8 Å². The van der Waals surface area contributed by atoms with Crippen molar-refractivity contribution in [3.63, 3.8) is 0 Å². The summed E-state index contributed by atoms with van der Waals surface area (Å²) in [6, 6.07) is 11.7. The summed E-state index contributed by atoms with van der Waals surface area (Å²) >= 11 is 0. The fraction of sp³-hybridized carbons (Fsp3) is 0.267. The molecule has 0 radical (unpaired) electrons. The molecule has 1 aromatic heterocycles. The lowest BCUT2D eigenvalue weighted by atomic mass is 10.1. The van der Waals surface area contributed by atoms with Crippen molar-refractivity contribution in [1.29, 1.82) is 0 Å². The molecule has 1 heterocycles. The first-order valence-corrected chi connectivity index (χ1v) is 6.65. The van der Waals surface area contributed by atoms with Gasteiger partial charge in [0.15, 0.2) is 0 Å². The average molecular weight is 291 g/mol. The quantitative estimate of drug-likeness (QED) is 0.828. The van der Waals surface area contributed by atoms with Crippen LogP contribution in [0, 0.1) is 0 Å². The first-order chi connectivity index (χ1) is 10.1. The number of aromatic hydroxyl groups is 2. The number of rotatable bonds is 5. The summed E-state index contributed by atoms with van der Waals surface area (Å²) in [7, 11) is 0. The molecule has 1 aromatic carbocycles. The van der Waals surface area contributed by atoms with Crippen LogP contribution in [-0.2, 0) is 4.74 Å². The van der Waals surface area contributed by atoms with Crippen LogP contribution in [0.1, 0.15) is 31.4 Å². The molecular weight excluding hydrogens is 274 g/mol. The SMILES string of the molecule is CCC[C@H](OC(=O)On1c(O)ccc1O)c1ccccc1. The maximum absolute atomic E-state index is 11.8. The van der Waals surface area contributed by atoms with Crippen LogP contribution in [0.4, 0.5) is 4.79 Å².